The second kappa shape index (κ2) is 7.17. The Morgan fingerprint density at radius 3 is 1.39 bits per heavy atom. The predicted molar refractivity (Wildman–Crippen MR) is 75.7 cm³/mol. The maximum Gasteiger partial charge on any atom is 0.0395 e. The molecule has 0 atom stereocenters. The van der Waals surface area contributed by atoms with Gasteiger partial charge in [-0.25, -0.2) is 0 Å². The SMILES string of the molecule is C(=C/NCc1ccccc1)/NCc1ccccc1. The van der Waals surface area contributed by atoms with E-state index in [9.17, 15) is 0 Å². The fourth-order valence-electron chi connectivity index (χ4n) is 1.66. The van der Waals surface area contributed by atoms with Gasteiger partial charge < -0.3 is 10.6 Å². The summed E-state index contributed by atoms with van der Waals surface area (Å²) in [6, 6.07) is 20.7. The Bertz CT molecular complexity index is 417. The molecule has 0 radical (unpaired) electrons. The fraction of sp³-hybridized carbons (Fsp3) is 0.125. The van der Waals surface area contributed by atoms with E-state index in [-0.39, 0.29) is 0 Å². The summed E-state index contributed by atoms with van der Waals surface area (Å²) in [6.07, 6.45) is 3.88. The minimum Gasteiger partial charge on any atom is -0.386 e. The highest BCUT2D eigenvalue weighted by Crippen LogP contribution is 1.97. The van der Waals surface area contributed by atoms with Crippen molar-refractivity contribution in [1.82, 2.24) is 10.6 Å². The van der Waals surface area contributed by atoms with E-state index in [1.807, 2.05) is 48.8 Å². The van der Waals surface area contributed by atoms with Crippen molar-refractivity contribution in [3.63, 3.8) is 0 Å². The Hall–Kier alpha value is -2.22. The Labute approximate surface area is 108 Å². The van der Waals surface area contributed by atoms with Crippen LogP contribution in [0.2, 0.25) is 0 Å². The third-order valence-corrected chi connectivity index (χ3v) is 2.62. The maximum absolute atomic E-state index is 3.24. The molecule has 2 rings (SSSR count). The van der Waals surface area contributed by atoms with Crippen molar-refractivity contribution in [2.45, 2.75) is 13.1 Å². The lowest BCUT2D eigenvalue weighted by molar-refractivity contribution is 0.824. The molecule has 0 aliphatic carbocycles. The van der Waals surface area contributed by atoms with Crippen LogP contribution >= 0.6 is 0 Å². The van der Waals surface area contributed by atoms with Gasteiger partial charge in [-0.1, -0.05) is 60.7 Å². The molecule has 92 valence electrons. The molecule has 0 aliphatic rings. The molecule has 0 aliphatic heterocycles. The van der Waals surface area contributed by atoms with E-state index in [1.54, 1.807) is 0 Å². The molecule has 0 aromatic heterocycles. The molecule has 0 saturated carbocycles. The lowest BCUT2D eigenvalue weighted by atomic mass is 10.2. The zero-order valence-corrected chi connectivity index (χ0v) is 10.3. The highest BCUT2D eigenvalue weighted by atomic mass is 14.9. The summed E-state index contributed by atoms with van der Waals surface area (Å²) in [5.41, 5.74) is 2.57. The third-order valence-electron chi connectivity index (χ3n) is 2.62. The Morgan fingerprint density at radius 1 is 0.611 bits per heavy atom. The fourth-order valence-corrected chi connectivity index (χ4v) is 1.66. The van der Waals surface area contributed by atoms with Gasteiger partial charge in [0.15, 0.2) is 0 Å². The summed E-state index contributed by atoms with van der Waals surface area (Å²) in [6.45, 7) is 1.70. The van der Waals surface area contributed by atoms with Crippen LogP contribution in [0.4, 0.5) is 0 Å². The van der Waals surface area contributed by atoms with Crippen LogP contribution in [0.5, 0.6) is 0 Å². The molecular weight excluding hydrogens is 220 g/mol. The highest BCUT2D eigenvalue weighted by molar-refractivity contribution is 5.15. The normalized spacial score (nSPS) is 10.4. The van der Waals surface area contributed by atoms with Gasteiger partial charge >= 0.3 is 0 Å². The second-order valence-corrected chi connectivity index (χ2v) is 4.07. The van der Waals surface area contributed by atoms with E-state index in [2.05, 4.69) is 34.9 Å². The first-order valence-electron chi connectivity index (χ1n) is 6.15. The minimum absolute atomic E-state index is 0.852. The Morgan fingerprint density at radius 2 is 1.00 bits per heavy atom. The van der Waals surface area contributed by atoms with Crippen LogP contribution in [0.15, 0.2) is 73.1 Å². The second-order valence-electron chi connectivity index (χ2n) is 4.07. The average Bonchev–Trinajstić information content (AvgIpc) is 2.45. The van der Waals surface area contributed by atoms with Crippen molar-refractivity contribution >= 4 is 0 Å². The zero-order chi connectivity index (χ0) is 12.5. The summed E-state index contributed by atoms with van der Waals surface area (Å²) in [5, 5.41) is 6.49. The van der Waals surface area contributed by atoms with Crippen LogP contribution in [0.3, 0.4) is 0 Å². The van der Waals surface area contributed by atoms with Gasteiger partial charge in [-0.2, -0.15) is 0 Å². The Balaban J connectivity index is 1.64. The lowest BCUT2D eigenvalue weighted by Gasteiger charge is -2.02. The van der Waals surface area contributed by atoms with Gasteiger partial charge in [0, 0.05) is 25.5 Å². The van der Waals surface area contributed by atoms with Crippen LogP contribution in [0.25, 0.3) is 0 Å². The molecule has 2 nitrogen and oxygen atoms in total. The summed E-state index contributed by atoms with van der Waals surface area (Å²) in [7, 11) is 0. The number of hydrogen-bond donors (Lipinski definition) is 2. The van der Waals surface area contributed by atoms with Crippen molar-refractivity contribution < 1.29 is 0 Å². The van der Waals surface area contributed by atoms with Gasteiger partial charge in [0.2, 0.25) is 0 Å². The molecule has 18 heavy (non-hydrogen) atoms. The van der Waals surface area contributed by atoms with E-state index in [4.69, 9.17) is 0 Å². The predicted octanol–water partition coefficient (Wildman–Crippen LogP) is 3.04. The molecule has 0 fully saturated rings. The van der Waals surface area contributed by atoms with Crippen LogP contribution in [0.1, 0.15) is 11.1 Å². The van der Waals surface area contributed by atoms with Crippen molar-refractivity contribution in [2.24, 2.45) is 0 Å². The molecule has 0 heterocycles. The van der Waals surface area contributed by atoms with Gasteiger partial charge in [0.1, 0.15) is 0 Å². The first-order valence-corrected chi connectivity index (χ1v) is 6.15. The van der Waals surface area contributed by atoms with Crippen LogP contribution in [-0.2, 0) is 13.1 Å². The molecular formula is C16H18N2. The van der Waals surface area contributed by atoms with Crippen LogP contribution in [-0.4, -0.2) is 0 Å². The van der Waals surface area contributed by atoms with Crippen molar-refractivity contribution in [3.05, 3.63) is 84.2 Å². The quantitative estimate of drug-likeness (QED) is 0.808. The maximum atomic E-state index is 3.24. The van der Waals surface area contributed by atoms with Crippen molar-refractivity contribution in [1.29, 1.82) is 0 Å². The largest absolute Gasteiger partial charge is 0.386 e. The molecule has 2 heteroatoms. The van der Waals surface area contributed by atoms with Crippen LogP contribution in [0, 0.1) is 0 Å². The molecule has 0 bridgehead atoms. The molecule has 0 spiro atoms. The summed E-state index contributed by atoms with van der Waals surface area (Å²) in [4.78, 5) is 0. The van der Waals surface area contributed by atoms with Crippen molar-refractivity contribution in [2.75, 3.05) is 0 Å². The first-order chi connectivity index (χ1) is 8.95. The lowest BCUT2D eigenvalue weighted by Crippen LogP contribution is -2.09. The number of nitrogens with one attached hydrogen (secondary N) is 2. The standard InChI is InChI=1S/C16H18N2/c1-3-7-15(8-4-1)13-17-11-12-18-14-16-9-5-2-6-10-16/h1-12,17-18H,13-14H2/b12-11-. The topological polar surface area (TPSA) is 24.1 Å². The summed E-state index contributed by atoms with van der Waals surface area (Å²) < 4.78 is 0. The Kier molecular flexibility index (Phi) is 4.88. The molecule has 0 amide bonds. The van der Waals surface area contributed by atoms with Crippen LogP contribution < -0.4 is 10.6 Å². The van der Waals surface area contributed by atoms with Gasteiger partial charge in [-0.05, 0) is 11.1 Å². The van der Waals surface area contributed by atoms with E-state index >= 15 is 0 Å². The molecule has 2 N–H and O–H groups in total. The molecule has 0 unspecified atom stereocenters. The third kappa shape index (κ3) is 4.34. The summed E-state index contributed by atoms with van der Waals surface area (Å²) in [5.74, 6) is 0. The highest BCUT2D eigenvalue weighted by Gasteiger charge is 1.87. The smallest absolute Gasteiger partial charge is 0.0395 e. The number of rotatable bonds is 6. The number of benzene rings is 2. The van der Waals surface area contributed by atoms with E-state index in [1.165, 1.54) is 11.1 Å². The van der Waals surface area contributed by atoms with Gasteiger partial charge in [-0.3, -0.25) is 0 Å². The van der Waals surface area contributed by atoms with Gasteiger partial charge in [-0.15, -0.1) is 0 Å². The van der Waals surface area contributed by atoms with E-state index < -0.39 is 0 Å². The minimum atomic E-state index is 0.852. The monoisotopic (exact) mass is 238 g/mol. The van der Waals surface area contributed by atoms with E-state index in [0.29, 0.717) is 0 Å². The van der Waals surface area contributed by atoms with Gasteiger partial charge in [0.25, 0.3) is 0 Å². The van der Waals surface area contributed by atoms with Gasteiger partial charge in [0.05, 0.1) is 0 Å². The average molecular weight is 238 g/mol. The zero-order valence-electron chi connectivity index (χ0n) is 10.3. The van der Waals surface area contributed by atoms with E-state index in [0.717, 1.165) is 13.1 Å². The van der Waals surface area contributed by atoms with Crippen molar-refractivity contribution in [3.8, 4) is 0 Å². The molecule has 2 aromatic carbocycles. The first kappa shape index (κ1) is 12.2. The summed E-state index contributed by atoms with van der Waals surface area (Å²) >= 11 is 0. The number of hydrogen-bond acceptors (Lipinski definition) is 2. The molecule has 0 saturated heterocycles. The molecule has 2 aromatic rings.